The monoisotopic (exact) mass is 327 g/mol. The van der Waals surface area contributed by atoms with Gasteiger partial charge in [-0.1, -0.05) is 0 Å². The lowest BCUT2D eigenvalue weighted by Crippen LogP contribution is -2.38. The van der Waals surface area contributed by atoms with Crippen LogP contribution in [0.5, 0.6) is 11.5 Å². The highest BCUT2D eigenvalue weighted by Gasteiger charge is 2.36. The average Bonchev–Trinajstić information content (AvgIpc) is 3.30. The Labute approximate surface area is 128 Å². The molecule has 2 aliphatic rings. The summed E-state index contributed by atoms with van der Waals surface area (Å²) in [4.78, 5) is 10.9. The van der Waals surface area contributed by atoms with Crippen molar-refractivity contribution in [3.8, 4) is 11.5 Å². The van der Waals surface area contributed by atoms with Crippen LogP contribution >= 0.6 is 0 Å². The number of carboxylic acids is 1. The summed E-state index contributed by atoms with van der Waals surface area (Å²) in [5.41, 5.74) is 0. The highest BCUT2D eigenvalue weighted by molar-refractivity contribution is 7.89. The van der Waals surface area contributed by atoms with Crippen LogP contribution < -0.4 is 14.2 Å². The summed E-state index contributed by atoms with van der Waals surface area (Å²) >= 11 is 0. The minimum atomic E-state index is -3.79. The van der Waals surface area contributed by atoms with Gasteiger partial charge < -0.3 is 14.6 Å². The molecule has 8 heteroatoms. The zero-order valence-corrected chi connectivity index (χ0v) is 12.6. The van der Waals surface area contributed by atoms with Crippen molar-refractivity contribution in [2.75, 3.05) is 13.2 Å². The van der Waals surface area contributed by atoms with Crippen molar-refractivity contribution in [2.24, 2.45) is 5.92 Å². The van der Waals surface area contributed by atoms with E-state index in [-0.39, 0.29) is 17.2 Å². The molecule has 0 radical (unpaired) electrons. The zero-order chi connectivity index (χ0) is 15.7. The van der Waals surface area contributed by atoms with Gasteiger partial charge in [0.25, 0.3) is 0 Å². The van der Waals surface area contributed by atoms with Crippen molar-refractivity contribution in [3.63, 3.8) is 0 Å². The van der Waals surface area contributed by atoms with Gasteiger partial charge in [0.15, 0.2) is 11.5 Å². The molecule has 0 saturated heterocycles. The Bertz CT molecular complexity index is 683. The van der Waals surface area contributed by atoms with Gasteiger partial charge in [-0.15, -0.1) is 0 Å². The van der Waals surface area contributed by atoms with Gasteiger partial charge in [-0.25, -0.2) is 13.1 Å². The number of aliphatic carboxylic acids is 1. The number of ether oxygens (including phenoxy) is 2. The number of benzene rings is 1. The third kappa shape index (κ3) is 3.33. The van der Waals surface area contributed by atoms with Gasteiger partial charge in [0.1, 0.15) is 13.2 Å². The van der Waals surface area contributed by atoms with Crippen molar-refractivity contribution in [1.82, 2.24) is 4.72 Å². The van der Waals surface area contributed by atoms with Gasteiger partial charge in [0.2, 0.25) is 10.0 Å². The Morgan fingerprint density at radius 1 is 1.27 bits per heavy atom. The van der Waals surface area contributed by atoms with Crippen molar-refractivity contribution in [2.45, 2.75) is 30.2 Å². The molecule has 1 aliphatic heterocycles. The van der Waals surface area contributed by atoms with E-state index in [9.17, 15) is 13.2 Å². The third-order valence-corrected chi connectivity index (χ3v) is 5.20. The molecule has 22 heavy (non-hydrogen) atoms. The largest absolute Gasteiger partial charge is 0.486 e. The fraction of sp³-hybridized carbons (Fsp3) is 0.500. The maximum absolute atomic E-state index is 12.4. The van der Waals surface area contributed by atoms with Crippen LogP contribution in [0, 0.1) is 5.92 Å². The zero-order valence-electron chi connectivity index (χ0n) is 11.8. The Balaban J connectivity index is 1.81. The number of hydrogen-bond donors (Lipinski definition) is 2. The highest BCUT2D eigenvalue weighted by atomic mass is 32.2. The predicted molar refractivity (Wildman–Crippen MR) is 76.5 cm³/mol. The number of carbonyl (C=O) groups is 1. The lowest BCUT2D eigenvalue weighted by molar-refractivity contribution is -0.137. The summed E-state index contributed by atoms with van der Waals surface area (Å²) < 4.78 is 38.1. The average molecular weight is 327 g/mol. The molecule has 1 atom stereocenters. The van der Waals surface area contributed by atoms with Crippen LogP contribution in [0.2, 0.25) is 0 Å². The Hall–Kier alpha value is -1.80. The van der Waals surface area contributed by atoms with Crippen LogP contribution in [-0.2, 0) is 14.8 Å². The van der Waals surface area contributed by atoms with Gasteiger partial charge in [-0.2, -0.15) is 0 Å². The van der Waals surface area contributed by atoms with Gasteiger partial charge >= 0.3 is 5.97 Å². The Kier molecular flexibility index (Phi) is 3.96. The number of nitrogens with one attached hydrogen (secondary N) is 1. The first-order valence-electron chi connectivity index (χ1n) is 7.09. The van der Waals surface area contributed by atoms with Crippen LogP contribution in [0.3, 0.4) is 0 Å². The molecular formula is C14H17NO6S. The molecule has 0 aromatic heterocycles. The Morgan fingerprint density at radius 3 is 2.59 bits per heavy atom. The molecule has 2 N–H and O–H groups in total. The Morgan fingerprint density at radius 2 is 1.95 bits per heavy atom. The molecular weight excluding hydrogens is 310 g/mol. The standard InChI is InChI=1S/C14H17NO6S/c16-14(17)8-11(9-1-2-9)15-22(18,19)10-3-4-12-13(7-10)21-6-5-20-12/h3-4,7,9,11,15H,1-2,5-6,8H2,(H,16,17). The van der Waals surface area contributed by atoms with E-state index in [4.69, 9.17) is 14.6 Å². The quantitative estimate of drug-likeness (QED) is 0.808. The topological polar surface area (TPSA) is 102 Å². The van der Waals surface area contributed by atoms with E-state index in [2.05, 4.69) is 4.72 Å². The predicted octanol–water partition coefficient (Wildman–Crippen LogP) is 0.989. The highest BCUT2D eigenvalue weighted by Crippen LogP contribution is 2.36. The minimum absolute atomic E-state index is 0.0489. The maximum atomic E-state index is 12.4. The van der Waals surface area contributed by atoms with Crippen LogP contribution in [0.25, 0.3) is 0 Å². The van der Waals surface area contributed by atoms with Gasteiger partial charge in [0.05, 0.1) is 11.3 Å². The molecule has 1 aromatic carbocycles. The fourth-order valence-electron chi connectivity index (χ4n) is 2.45. The second kappa shape index (κ2) is 5.77. The van der Waals surface area contributed by atoms with Crippen molar-refractivity contribution in [1.29, 1.82) is 0 Å². The number of rotatable bonds is 6. The van der Waals surface area contributed by atoms with Crippen LogP contribution in [-0.4, -0.2) is 38.7 Å². The summed E-state index contributed by atoms with van der Waals surface area (Å²) in [5, 5.41) is 8.91. The molecule has 0 spiro atoms. The van der Waals surface area contributed by atoms with Gasteiger partial charge in [0, 0.05) is 12.1 Å². The molecule has 120 valence electrons. The first-order chi connectivity index (χ1) is 10.5. The van der Waals surface area contributed by atoms with Crippen LogP contribution in [0.15, 0.2) is 23.1 Å². The van der Waals surface area contributed by atoms with E-state index >= 15 is 0 Å². The van der Waals surface area contributed by atoms with Crippen LogP contribution in [0.1, 0.15) is 19.3 Å². The van der Waals surface area contributed by atoms with E-state index < -0.39 is 22.0 Å². The van der Waals surface area contributed by atoms with E-state index in [1.54, 1.807) is 6.07 Å². The lowest BCUT2D eigenvalue weighted by atomic mass is 10.1. The molecule has 1 fully saturated rings. The number of carboxylic acid groups (broad SMARTS) is 1. The summed E-state index contributed by atoms with van der Waals surface area (Å²) in [6.45, 7) is 0.799. The first kappa shape index (κ1) is 15.1. The summed E-state index contributed by atoms with van der Waals surface area (Å²) in [5.74, 6) is -0.0188. The second-order valence-electron chi connectivity index (χ2n) is 5.47. The van der Waals surface area contributed by atoms with E-state index in [0.29, 0.717) is 24.7 Å². The normalized spacial score (nSPS) is 18.7. The first-order valence-corrected chi connectivity index (χ1v) is 8.58. The second-order valence-corrected chi connectivity index (χ2v) is 7.18. The van der Waals surface area contributed by atoms with Crippen molar-refractivity contribution < 1.29 is 27.8 Å². The third-order valence-electron chi connectivity index (χ3n) is 3.72. The van der Waals surface area contributed by atoms with Crippen molar-refractivity contribution in [3.05, 3.63) is 18.2 Å². The molecule has 1 saturated carbocycles. The number of sulfonamides is 1. The van der Waals surface area contributed by atoms with Gasteiger partial charge in [-0.3, -0.25) is 4.79 Å². The molecule has 0 amide bonds. The van der Waals surface area contributed by atoms with Gasteiger partial charge in [-0.05, 0) is 30.9 Å². The van der Waals surface area contributed by atoms with Crippen LogP contribution in [0.4, 0.5) is 0 Å². The van der Waals surface area contributed by atoms with Crippen molar-refractivity contribution >= 4 is 16.0 Å². The maximum Gasteiger partial charge on any atom is 0.304 e. The summed E-state index contributed by atoms with van der Waals surface area (Å²) in [7, 11) is -3.79. The fourth-order valence-corrected chi connectivity index (χ4v) is 3.77. The molecule has 1 unspecified atom stereocenters. The molecule has 1 aliphatic carbocycles. The molecule has 7 nitrogen and oxygen atoms in total. The molecule has 0 bridgehead atoms. The van der Waals surface area contributed by atoms with E-state index in [1.165, 1.54) is 12.1 Å². The van der Waals surface area contributed by atoms with E-state index in [0.717, 1.165) is 12.8 Å². The number of fused-ring (bicyclic) bond motifs is 1. The SMILES string of the molecule is O=C(O)CC(NS(=O)(=O)c1ccc2c(c1)OCCO2)C1CC1. The minimum Gasteiger partial charge on any atom is -0.486 e. The number of hydrogen-bond acceptors (Lipinski definition) is 5. The molecule has 3 rings (SSSR count). The molecule has 1 aromatic rings. The van der Waals surface area contributed by atoms with E-state index in [1.807, 2.05) is 0 Å². The smallest absolute Gasteiger partial charge is 0.304 e. The lowest BCUT2D eigenvalue weighted by Gasteiger charge is -2.20. The molecule has 1 heterocycles. The summed E-state index contributed by atoms with van der Waals surface area (Å²) in [6, 6.07) is 3.81. The summed E-state index contributed by atoms with van der Waals surface area (Å²) in [6.07, 6.45) is 1.48.